The van der Waals surface area contributed by atoms with Gasteiger partial charge in [0.05, 0.1) is 0 Å². The first-order valence-corrected chi connectivity index (χ1v) is 13.2. The molecule has 190 valence electrons. The largest absolute Gasteiger partial charge is 0.367 e. The molecule has 0 saturated carbocycles. The fraction of sp³-hybridized carbons (Fsp3) is 0.484. The molecule has 2 atom stereocenters. The summed E-state index contributed by atoms with van der Waals surface area (Å²) in [7, 11) is 1.82. The molecule has 1 aliphatic rings. The third-order valence-corrected chi connectivity index (χ3v) is 7.03. The second-order valence-corrected chi connectivity index (χ2v) is 9.97. The third-order valence-electron chi connectivity index (χ3n) is 7.03. The second-order valence-electron chi connectivity index (χ2n) is 9.97. The fourth-order valence-electron chi connectivity index (χ4n) is 4.85. The zero-order chi connectivity index (χ0) is 24.9. The minimum absolute atomic E-state index is 0.118. The van der Waals surface area contributed by atoms with E-state index in [0.717, 1.165) is 32.5 Å². The molecule has 0 aromatic heterocycles. The first kappa shape index (κ1) is 27.2. The molecule has 3 rings (SSSR count). The molecule has 0 spiro atoms. The predicted molar refractivity (Wildman–Crippen MR) is 150 cm³/mol. The predicted octanol–water partition coefficient (Wildman–Crippen LogP) is 6.27. The Morgan fingerprint density at radius 1 is 1.11 bits per heavy atom. The normalized spacial score (nSPS) is 16.9. The number of allylic oxidation sites excluding steroid dienone is 2. The monoisotopic (exact) mass is 475 g/mol. The molecule has 2 unspecified atom stereocenters. The van der Waals surface area contributed by atoms with Crippen molar-refractivity contribution in [2.45, 2.75) is 58.3 Å². The summed E-state index contributed by atoms with van der Waals surface area (Å²) in [4.78, 5) is 5.16. The van der Waals surface area contributed by atoms with Gasteiger partial charge in [-0.2, -0.15) is 0 Å². The number of likely N-dealkylation sites (tertiary alicyclic amines) is 1. The van der Waals surface area contributed by atoms with Crippen LogP contribution >= 0.6 is 0 Å². The summed E-state index contributed by atoms with van der Waals surface area (Å²) in [5.41, 5.74) is 3.80. The molecule has 1 fully saturated rings. The van der Waals surface area contributed by atoms with Gasteiger partial charge in [-0.15, -0.1) is 0 Å². The smallest absolute Gasteiger partial charge is 0.108 e. The van der Waals surface area contributed by atoms with Gasteiger partial charge < -0.3 is 14.5 Å². The van der Waals surface area contributed by atoms with E-state index in [1.54, 1.807) is 0 Å². The van der Waals surface area contributed by atoms with E-state index in [9.17, 15) is 0 Å². The standard InChI is InChI=1S/C31H45N3O/c1-26(2)12-11-13-27(3)34(30-16-9-6-10-17-30)23-22-33-20-18-28(19-21-33)24-31(35-4)32-25-29-14-7-5-8-15-29/h5-11,13-17,27-28,31-32H,1,12,18-25H2,2-4H3/b13-11-. The molecular weight excluding hydrogens is 430 g/mol. The minimum Gasteiger partial charge on any atom is -0.367 e. The van der Waals surface area contributed by atoms with Crippen molar-refractivity contribution in [3.8, 4) is 0 Å². The van der Waals surface area contributed by atoms with Crippen molar-refractivity contribution in [3.63, 3.8) is 0 Å². The van der Waals surface area contributed by atoms with Crippen molar-refractivity contribution >= 4 is 5.69 Å². The van der Waals surface area contributed by atoms with Crippen LogP contribution in [0.4, 0.5) is 5.69 Å². The molecular formula is C31H45N3O. The Morgan fingerprint density at radius 2 is 1.77 bits per heavy atom. The molecule has 2 aromatic carbocycles. The van der Waals surface area contributed by atoms with E-state index < -0.39 is 0 Å². The number of benzene rings is 2. The molecule has 1 N–H and O–H groups in total. The summed E-state index contributed by atoms with van der Waals surface area (Å²) in [6.45, 7) is 13.7. The zero-order valence-corrected chi connectivity index (χ0v) is 22.0. The highest BCUT2D eigenvalue weighted by Crippen LogP contribution is 2.23. The first-order valence-electron chi connectivity index (χ1n) is 13.2. The molecule has 0 radical (unpaired) electrons. The van der Waals surface area contributed by atoms with Crippen LogP contribution in [0.25, 0.3) is 0 Å². The Bertz CT molecular complexity index is 875. The maximum absolute atomic E-state index is 5.76. The Balaban J connectivity index is 1.45. The highest BCUT2D eigenvalue weighted by atomic mass is 16.5. The lowest BCUT2D eigenvalue weighted by atomic mass is 9.92. The summed E-state index contributed by atoms with van der Waals surface area (Å²) < 4.78 is 5.76. The lowest BCUT2D eigenvalue weighted by Crippen LogP contribution is -2.43. The lowest BCUT2D eigenvalue weighted by Gasteiger charge is -2.36. The molecule has 2 aromatic rings. The number of ether oxygens (including phenoxy) is 1. The van der Waals surface area contributed by atoms with E-state index in [1.165, 1.54) is 42.8 Å². The Labute approximate surface area is 213 Å². The number of nitrogens with one attached hydrogen (secondary N) is 1. The summed E-state index contributed by atoms with van der Waals surface area (Å²) in [6, 6.07) is 21.7. The van der Waals surface area contributed by atoms with Crippen molar-refractivity contribution in [1.29, 1.82) is 0 Å². The van der Waals surface area contributed by atoms with Gasteiger partial charge in [0.2, 0.25) is 0 Å². The van der Waals surface area contributed by atoms with Crippen LogP contribution in [-0.2, 0) is 11.3 Å². The quantitative estimate of drug-likeness (QED) is 0.257. The Morgan fingerprint density at radius 3 is 2.40 bits per heavy atom. The minimum atomic E-state index is 0.118. The van der Waals surface area contributed by atoms with E-state index in [2.05, 4.69) is 108 Å². The lowest BCUT2D eigenvalue weighted by molar-refractivity contribution is 0.0396. The molecule has 1 aliphatic heterocycles. The van der Waals surface area contributed by atoms with Crippen molar-refractivity contribution in [1.82, 2.24) is 10.2 Å². The van der Waals surface area contributed by atoms with E-state index in [-0.39, 0.29) is 6.23 Å². The van der Waals surface area contributed by atoms with Gasteiger partial charge in [0.1, 0.15) is 6.23 Å². The molecule has 0 bridgehead atoms. The second kappa shape index (κ2) is 14.9. The molecule has 1 saturated heterocycles. The van der Waals surface area contributed by atoms with Crippen LogP contribution in [0.2, 0.25) is 0 Å². The van der Waals surface area contributed by atoms with E-state index in [0.29, 0.717) is 12.0 Å². The van der Waals surface area contributed by atoms with Gasteiger partial charge in [-0.1, -0.05) is 72.8 Å². The van der Waals surface area contributed by atoms with E-state index >= 15 is 0 Å². The van der Waals surface area contributed by atoms with Gasteiger partial charge in [0.25, 0.3) is 0 Å². The van der Waals surface area contributed by atoms with Crippen molar-refractivity contribution in [2.75, 3.05) is 38.2 Å². The highest BCUT2D eigenvalue weighted by Gasteiger charge is 2.23. The number of anilines is 1. The molecule has 0 amide bonds. The SMILES string of the molecule is C=C(C)C/C=C\C(C)N(CCN1CCC(CC(NCc2ccccc2)OC)CC1)c1ccccc1. The van der Waals surface area contributed by atoms with Crippen LogP contribution in [0, 0.1) is 5.92 Å². The Hall–Kier alpha value is -2.40. The average Bonchev–Trinajstić information content (AvgIpc) is 2.88. The number of nitrogens with zero attached hydrogens (tertiary/aromatic N) is 2. The Kier molecular flexibility index (Phi) is 11.6. The number of hydrogen-bond donors (Lipinski definition) is 1. The van der Waals surface area contributed by atoms with Crippen molar-refractivity contribution in [3.05, 3.63) is 90.5 Å². The van der Waals surface area contributed by atoms with Crippen LogP contribution in [0.3, 0.4) is 0 Å². The van der Waals surface area contributed by atoms with E-state index in [1.807, 2.05) is 7.11 Å². The first-order chi connectivity index (χ1) is 17.0. The third kappa shape index (κ3) is 9.64. The van der Waals surface area contributed by atoms with Crippen LogP contribution in [-0.4, -0.2) is 50.5 Å². The van der Waals surface area contributed by atoms with Crippen LogP contribution in [0.15, 0.2) is 85.0 Å². The van der Waals surface area contributed by atoms with Gasteiger partial charge in [-0.25, -0.2) is 0 Å². The number of rotatable bonds is 14. The number of methoxy groups -OCH3 is 1. The van der Waals surface area contributed by atoms with Gasteiger partial charge >= 0.3 is 0 Å². The summed E-state index contributed by atoms with van der Waals surface area (Å²) in [6.07, 6.45) is 9.21. The average molecular weight is 476 g/mol. The number of hydrogen-bond acceptors (Lipinski definition) is 4. The molecule has 4 nitrogen and oxygen atoms in total. The molecule has 1 heterocycles. The van der Waals surface area contributed by atoms with E-state index in [4.69, 9.17) is 4.74 Å². The summed E-state index contributed by atoms with van der Waals surface area (Å²) >= 11 is 0. The summed E-state index contributed by atoms with van der Waals surface area (Å²) in [5.74, 6) is 0.716. The van der Waals surface area contributed by atoms with Crippen molar-refractivity contribution in [2.24, 2.45) is 5.92 Å². The van der Waals surface area contributed by atoms with Gasteiger partial charge in [0.15, 0.2) is 0 Å². The van der Waals surface area contributed by atoms with Crippen LogP contribution in [0.1, 0.15) is 45.1 Å². The van der Waals surface area contributed by atoms with Gasteiger partial charge in [0, 0.05) is 38.5 Å². The highest BCUT2D eigenvalue weighted by molar-refractivity contribution is 5.48. The molecule has 0 aliphatic carbocycles. The molecule has 4 heteroatoms. The number of piperidine rings is 1. The van der Waals surface area contributed by atoms with Crippen LogP contribution < -0.4 is 10.2 Å². The maximum Gasteiger partial charge on any atom is 0.108 e. The number of para-hydroxylation sites is 1. The molecule has 35 heavy (non-hydrogen) atoms. The van der Waals surface area contributed by atoms with Crippen molar-refractivity contribution < 1.29 is 4.74 Å². The fourth-order valence-corrected chi connectivity index (χ4v) is 4.85. The summed E-state index contributed by atoms with van der Waals surface area (Å²) in [5, 5.41) is 3.58. The topological polar surface area (TPSA) is 27.7 Å². The van der Waals surface area contributed by atoms with Gasteiger partial charge in [-0.05, 0) is 76.2 Å². The zero-order valence-electron chi connectivity index (χ0n) is 22.0. The maximum atomic E-state index is 5.76. The van der Waals surface area contributed by atoms with Crippen LogP contribution in [0.5, 0.6) is 0 Å². The van der Waals surface area contributed by atoms with Gasteiger partial charge in [-0.3, -0.25) is 5.32 Å².